The molecular formula is C14H15BrClN3. The number of aromatic nitrogens is 1. The lowest BCUT2D eigenvalue weighted by molar-refractivity contribution is 0.969. The van der Waals surface area contributed by atoms with Gasteiger partial charge in [0.05, 0.1) is 5.02 Å². The second kappa shape index (κ2) is 6.78. The van der Waals surface area contributed by atoms with E-state index in [1.807, 2.05) is 30.3 Å². The molecule has 0 amide bonds. The Morgan fingerprint density at radius 2 is 2.00 bits per heavy atom. The Morgan fingerprint density at radius 1 is 1.21 bits per heavy atom. The lowest BCUT2D eigenvalue weighted by atomic mass is 10.3. The molecule has 0 fully saturated rings. The van der Waals surface area contributed by atoms with Gasteiger partial charge >= 0.3 is 0 Å². The minimum Gasteiger partial charge on any atom is -0.370 e. The maximum absolute atomic E-state index is 6.07. The van der Waals surface area contributed by atoms with Crippen molar-refractivity contribution in [2.45, 2.75) is 13.3 Å². The summed E-state index contributed by atoms with van der Waals surface area (Å²) in [6, 6.07) is 9.67. The average molecular weight is 341 g/mol. The summed E-state index contributed by atoms with van der Waals surface area (Å²) in [6.07, 6.45) is 2.85. The summed E-state index contributed by atoms with van der Waals surface area (Å²) in [4.78, 5) is 4.27. The predicted molar refractivity (Wildman–Crippen MR) is 85.5 cm³/mol. The number of hydrogen-bond acceptors (Lipinski definition) is 3. The SMILES string of the molecule is CCCNc1cc(Nc2ccc(Br)c(Cl)c2)ccn1. The normalized spacial score (nSPS) is 10.3. The first kappa shape index (κ1) is 14.2. The highest BCUT2D eigenvalue weighted by molar-refractivity contribution is 9.10. The van der Waals surface area contributed by atoms with Gasteiger partial charge in [-0.05, 0) is 46.6 Å². The molecule has 2 N–H and O–H groups in total. The Morgan fingerprint density at radius 3 is 2.74 bits per heavy atom. The Labute approximate surface area is 126 Å². The molecule has 1 heterocycles. The quantitative estimate of drug-likeness (QED) is 0.798. The number of nitrogens with zero attached hydrogens (tertiary/aromatic N) is 1. The van der Waals surface area contributed by atoms with Gasteiger partial charge in [-0.1, -0.05) is 18.5 Å². The van der Waals surface area contributed by atoms with Gasteiger partial charge in [0.1, 0.15) is 5.82 Å². The first-order valence-electron chi connectivity index (χ1n) is 6.11. The zero-order chi connectivity index (χ0) is 13.7. The fraction of sp³-hybridized carbons (Fsp3) is 0.214. The van der Waals surface area contributed by atoms with E-state index < -0.39 is 0 Å². The fourth-order valence-electron chi connectivity index (χ4n) is 1.60. The molecule has 1 aromatic carbocycles. The van der Waals surface area contributed by atoms with Crippen molar-refractivity contribution in [1.82, 2.24) is 4.98 Å². The number of nitrogens with one attached hydrogen (secondary N) is 2. The molecule has 0 saturated carbocycles. The van der Waals surface area contributed by atoms with Gasteiger partial charge in [-0.15, -0.1) is 0 Å². The minimum atomic E-state index is 0.684. The van der Waals surface area contributed by atoms with E-state index in [9.17, 15) is 0 Å². The average Bonchev–Trinajstić information content (AvgIpc) is 2.41. The number of halogens is 2. The molecule has 0 bridgehead atoms. The first-order chi connectivity index (χ1) is 9.19. The van der Waals surface area contributed by atoms with Crippen LogP contribution in [-0.2, 0) is 0 Å². The van der Waals surface area contributed by atoms with E-state index in [0.29, 0.717) is 5.02 Å². The Kier molecular flexibility index (Phi) is 5.05. The van der Waals surface area contributed by atoms with E-state index >= 15 is 0 Å². The number of rotatable bonds is 5. The lowest BCUT2D eigenvalue weighted by Crippen LogP contribution is -2.02. The van der Waals surface area contributed by atoms with Crippen LogP contribution in [0.5, 0.6) is 0 Å². The van der Waals surface area contributed by atoms with Crippen molar-refractivity contribution < 1.29 is 0 Å². The molecule has 3 nitrogen and oxygen atoms in total. The Bertz CT molecular complexity index is 560. The highest BCUT2D eigenvalue weighted by Crippen LogP contribution is 2.27. The summed E-state index contributed by atoms with van der Waals surface area (Å²) >= 11 is 9.44. The van der Waals surface area contributed by atoms with E-state index in [2.05, 4.69) is 38.5 Å². The number of benzene rings is 1. The van der Waals surface area contributed by atoms with Gasteiger partial charge in [0.15, 0.2) is 0 Å². The topological polar surface area (TPSA) is 37.0 Å². The molecule has 0 radical (unpaired) electrons. The van der Waals surface area contributed by atoms with Crippen LogP contribution in [0.4, 0.5) is 17.2 Å². The van der Waals surface area contributed by atoms with Crippen molar-refractivity contribution in [3.05, 3.63) is 46.0 Å². The highest BCUT2D eigenvalue weighted by Gasteiger charge is 2.01. The highest BCUT2D eigenvalue weighted by atomic mass is 79.9. The molecule has 0 aliphatic carbocycles. The molecule has 1 aromatic heterocycles. The Hall–Kier alpha value is -1.26. The van der Waals surface area contributed by atoms with Gasteiger partial charge in [0.25, 0.3) is 0 Å². The van der Waals surface area contributed by atoms with Crippen LogP contribution < -0.4 is 10.6 Å². The second-order valence-corrected chi connectivity index (χ2v) is 5.37. The van der Waals surface area contributed by atoms with Gasteiger partial charge < -0.3 is 10.6 Å². The largest absolute Gasteiger partial charge is 0.370 e. The maximum Gasteiger partial charge on any atom is 0.127 e. The molecule has 0 spiro atoms. The molecule has 0 saturated heterocycles. The van der Waals surface area contributed by atoms with Crippen molar-refractivity contribution in [3.8, 4) is 0 Å². The first-order valence-corrected chi connectivity index (χ1v) is 7.28. The summed E-state index contributed by atoms with van der Waals surface area (Å²) in [5, 5.41) is 7.24. The second-order valence-electron chi connectivity index (χ2n) is 4.11. The number of anilines is 3. The van der Waals surface area contributed by atoms with Crippen LogP contribution in [0.1, 0.15) is 13.3 Å². The van der Waals surface area contributed by atoms with Gasteiger partial charge in [0.2, 0.25) is 0 Å². The summed E-state index contributed by atoms with van der Waals surface area (Å²) in [5.41, 5.74) is 1.92. The lowest BCUT2D eigenvalue weighted by Gasteiger charge is -2.09. The van der Waals surface area contributed by atoms with Crippen molar-refractivity contribution in [1.29, 1.82) is 0 Å². The van der Waals surface area contributed by atoms with Gasteiger partial charge in [-0.2, -0.15) is 0 Å². The molecule has 0 aliphatic rings. The summed E-state index contributed by atoms with van der Waals surface area (Å²) < 4.78 is 0.889. The van der Waals surface area contributed by atoms with Gasteiger partial charge in [0, 0.05) is 34.7 Å². The van der Waals surface area contributed by atoms with Crippen molar-refractivity contribution >= 4 is 44.7 Å². The van der Waals surface area contributed by atoms with Crippen LogP contribution in [0.15, 0.2) is 41.0 Å². The van der Waals surface area contributed by atoms with Crippen molar-refractivity contribution in [2.75, 3.05) is 17.2 Å². The Balaban J connectivity index is 2.11. The fourth-order valence-corrected chi connectivity index (χ4v) is 2.03. The van der Waals surface area contributed by atoms with Crippen LogP contribution in [0.3, 0.4) is 0 Å². The molecule has 2 aromatic rings. The van der Waals surface area contributed by atoms with E-state index in [1.54, 1.807) is 6.20 Å². The zero-order valence-corrected chi connectivity index (χ0v) is 12.9. The van der Waals surface area contributed by atoms with E-state index in [1.165, 1.54) is 0 Å². The molecule has 19 heavy (non-hydrogen) atoms. The van der Waals surface area contributed by atoms with Crippen molar-refractivity contribution in [3.63, 3.8) is 0 Å². The van der Waals surface area contributed by atoms with Crippen molar-refractivity contribution in [2.24, 2.45) is 0 Å². The minimum absolute atomic E-state index is 0.684. The molecule has 0 aliphatic heterocycles. The number of hydrogen-bond donors (Lipinski definition) is 2. The van der Waals surface area contributed by atoms with Crippen LogP contribution in [-0.4, -0.2) is 11.5 Å². The molecule has 2 rings (SSSR count). The summed E-state index contributed by atoms with van der Waals surface area (Å²) in [5.74, 6) is 0.870. The predicted octanol–water partition coefficient (Wildman–Crippen LogP) is 5.06. The van der Waals surface area contributed by atoms with Crippen LogP contribution in [0.2, 0.25) is 5.02 Å². The summed E-state index contributed by atoms with van der Waals surface area (Å²) in [6.45, 7) is 3.04. The smallest absolute Gasteiger partial charge is 0.127 e. The third kappa shape index (κ3) is 4.11. The van der Waals surface area contributed by atoms with E-state index in [-0.39, 0.29) is 0 Å². The van der Waals surface area contributed by atoms with Crippen LogP contribution in [0.25, 0.3) is 0 Å². The molecule has 0 unspecified atom stereocenters. The van der Waals surface area contributed by atoms with E-state index in [4.69, 9.17) is 11.6 Å². The van der Waals surface area contributed by atoms with Gasteiger partial charge in [-0.25, -0.2) is 4.98 Å². The maximum atomic E-state index is 6.07. The zero-order valence-electron chi connectivity index (χ0n) is 10.6. The molecule has 100 valence electrons. The molecule has 5 heteroatoms. The third-order valence-electron chi connectivity index (χ3n) is 2.52. The standard InChI is InChI=1S/C14H15BrClN3/c1-2-6-17-14-9-11(5-7-18-14)19-10-3-4-12(15)13(16)8-10/h3-5,7-9H,2,6H2,1H3,(H2,17,18,19). The van der Waals surface area contributed by atoms with Crippen LogP contribution >= 0.6 is 27.5 Å². The van der Waals surface area contributed by atoms with E-state index in [0.717, 1.165) is 34.6 Å². The molecule has 0 atom stereocenters. The monoisotopic (exact) mass is 339 g/mol. The third-order valence-corrected chi connectivity index (χ3v) is 3.76. The van der Waals surface area contributed by atoms with Crippen LogP contribution in [0, 0.1) is 0 Å². The summed E-state index contributed by atoms with van der Waals surface area (Å²) in [7, 11) is 0. The van der Waals surface area contributed by atoms with Gasteiger partial charge in [-0.3, -0.25) is 0 Å². The molecular weight excluding hydrogens is 326 g/mol. The number of pyridine rings is 1.